The smallest absolute Gasteiger partial charge is 0.303 e. The standard InChI is InChI=1S/C9H12N2O4S/c1-5(12)14-3-8(15-6(2)13)7-4-16-9(10)11-7/h4,8H,3H2,1-2H3,(H2,10,11). The van der Waals surface area contributed by atoms with Gasteiger partial charge in [-0.1, -0.05) is 0 Å². The summed E-state index contributed by atoms with van der Waals surface area (Å²) in [5.41, 5.74) is 5.95. The number of aromatic nitrogens is 1. The average molecular weight is 244 g/mol. The molecule has 0 aliphatic heterocycles. The molecule has 0 aromatic carbocycles. The van der Waals surface area contributed by atoms with Gasteiger partial charge in [0, 0.05) is 19.2 Å². The summed E-state index contributed by atoms with van der Waals surface area (Å²) in [6.07, 6.45) is -0.699. The van der Waals surface area contributed by atoms with Gasteiger partial charge in [0.2, 0.25) is 0 Å². The van der Waals surface area contributed by atoms with Crippen LogP contribution in [-0.2, 0) is 19.1 Å². The van der Waals surface area contributed by atoms with E-state index < -0.39 is 18.0 Å². The van der Waals surface area contributed by atoms with Crippen molar-refractivity contribution < 1.29 is 19.1 Å². The van der Waals surface area contributed by atoms with Crippen molar-refractivity contribution in [2.45, 2.75) is 20.0 Å². The number of hydrogen-bond donors (Lipinski definition) is 1. The molecule has 1 rings (SSSR count). The summed E-state index contributed by atoms with van der Waals surface area (Å²) in [5, 5.41) is 2.03. The Hall–Kier alpha value is -1.63. The third-order valence-corrected chi connectivity index (χ3v) is 2.31. The van der Waals surface area contributed by atoms with Crippen LogP contribution in [-0.4, -0.2) is 23.5 Å². The highest BCUT2D eigenvalue weighted by atomic mass is 32.1. The predicted molar refractivity (Wildman–Crippen MR) is 57.7 cm³/mol. The van der Waals surface area contributed by atoms with Gasteiger partial charge < -0.3 is 15.2 Å². The Morgan fingerprint density at radius 3 is 2.62 bits per heavy atom. The molecule has 16 heavy (non-hydrogen) atoms. The van der Waals surface area contributed by atoms with Crippen molar-refractivity contribution >= 4 is 28.4 Å². The first-order valence-corrected chi connectivity index (χ1v) is 5.38. The third kappa shape index (κ3) is 3.85. The van der Waals surface area contributed by atoms with Crippen LogP contribution in [0.1, 0.15) is 25.6 Å². The molecule has 2 N–H and O–H groups in total. The predicted octanol–water partition coefficient (Wildman–Crippen LogP) is 0.893. The molecule has 0 radical (unpaired) electrons. The number of nitrogen functional groups attached to an aromatic ring is 1. The molecule has 1 unspecified atom stereocenters. The molecule has 88 valence electrons. The Labute approximate surface area is 96.4 Å². The van der Waals surface area contributed by atoms with E-state index in [1.54, 1.807) is 5.38 Å². The van der Waals surface area contributed by atoms with Crippen LogP contribution in [0.4, 0.5) is 5.13 Å². The maximum atomic E-state index is 10.9. The molecule has 6 nitrogen and oxygen atoms in total. The normalized spacial score (nSPS) is 11.9. The van der Waals surface area contributed by atoms with Crippen molar-refractivity contribution in [1.29, 1.82) is 0 Å². The number of hydrogen-bond acceptors (Lipinski definition) is 7. The highest BCUT2D eigenvalue weighted by Gasteiger charge is 2.19. The van der Waals surface area contributed by atoms with Gasteiger partial charge in [-0.2, -0.15) is 0 Å². The molecular weight excluding hydrogens is 232 g/mol. The monoisotopic (exact) mass is 244 g/mol. The Kier molecular flexibility index (Phi) is 4.24. The number of thiazole rings is 1. The maximum absolute atomic E-state index is 10.9. The topological polar surface area (TPSA) is 91.5 Å². The van der Waals surface area contributed by atoms with E-state index in [1.807, 2.05) is 0 Å². The molecular formula is C9H12N2O4S. The summed E-state index contributed by atoms with van der Waals surface area (Å²) in [6.45, 7) is 2.49. The summed E-state index contributed by atoms with van der Waals surface area (Å²) in [6, 6.07) is 0. The molecule has 0 spiro atoms. The van der Waals surface area contributed by atoms with Gasteiger partial charge in [0.25, 0.3) is 0 Å². The molecule has 0 bridgehead atoms. The fourth-order valence-electron chi connectivity index (χ4n) is 1.02. The number of rotatable bonds is 4. The fourth-order valence-corrected chi connectivity index (χ4v) is 1.63. The molecule has 0 saturated heterocycles. The Balaban J connectivity index is 2.70. The van der Waals surface area contributed by atoms with Gasteiger partial charge >= 0.3 is 11.9 Å². The van der Waals surface area contributed by atoms with Crippen LogP contribution in [0.3, 0.4) is 0 Å². The molecule has 1 heterocycles. The lowest BCUT2D eigenvalue weighted by atomic mass is 10.3. The van der Waals surface area contributed by atoms with Crippen LogP contribution in [0.15, 0.2) is 5.38 Å². The summed E-state index contributed by atoms with van der Waals surface area (Å²) in [7, 11) is 0. The Morgan fingerprint density at radius 1 is 1.50 bits per heavy atom. The molecule has 0 amide bonds. The van der Waals surface area contributed by atoms with Gasteiger partial charge in [0.05, 0.1) is 5.69 Å². The van der Waals surface area contributed by atoms with E-state index in [2.05, 4.69) is 4.98 Å². The van der Waals surface area contributed by atoms with Crippen molar-refractivity contribution in [3.63, 3.8) is 0 Å². The number of carbonyl (C=O) groups excluding carboxylic acids is 2. The van der Waals surface area contributed by atoms with Crippen LogP contribution in [0.25, 0.3) is 0 Å². The minimum Gasteiger partial charge on any atom is -0.461 e. The highest BCUT2D eigenvalue weighted by molar-refractivity contribution is 7.13. The van der Waals surface area contributed by atoms with E-state index in [9.17, 15) is 9.59 Å². The number of anilines is 1. The lowest BCUT2D eigenvalue weighted by Gasteiger charge is -2.14. The lowest BCUT2D eigenvalue weighted by molar-refractivity contribution is -0.157. The molecule has 7 heteroatoms. The number of nitrogens with zero attached hydrogens (tertiary/aromatic N) is 1. The maximum Gasteiger partial charge on any atom is 0.303 e. The Morgan fingerprint density at radius 2 is 2.19 bits per heavy atom. The number of carbonyl (C=O) groups is 2. The largest absolute Gasteiger partial charge is 0.461 e. The van der Waals surface area contributed by atoms with Gasteiger partial charge in [-0.25, -0.2) is 4.98 Å². The van der Waals surface area contributed by atoms with Crippen molar-refractivity contribution in [1.82, 2.24) is 4.98 Å². The van der Waals surface area contributed by atoms with Crippen molar-refractivity contribution in [2.24, 2.45) is 0 Å². The number of ether oxygens (including phenoxy) is 2. The van der Waals surface area contributed by atoms with Crippen LogP contribution >= 0.6 is 11.3 Å². The average Bonchev–Trinajstić information content (AvgIpc) is 2.58. The second-order valence-corrected chi connectivity index (χ2v) is 3.90. The van der Waals surface area contributed by atoms with Gasteiger partial charge in [0.1, 0.15) is 6.61 Å². The van der Waals surface area contributed by atoms with Crippen molar-refractivity contribution in [3.8, 4) is 0 Å². The molecule has 0 fully saturated rings. The zero-order valence-corrected chi connectivity index (χ0v) is 9.74. The summed E-state index contributed by atoms with van der Waals surface area (Å²) in [5.74, 6) is -0.913. The lowest BCUT2D eigenvalue weighted by Crippen LogP contribution is -2.16. The van der Waals surface area contributed by atoms with Gasteiger partial charge in [0.15, 0.2) is 11.2 Å². The number of esters is 2. The first kappa shape index (κ1) is 12.4. The second-order valence-electron chi connectivity index (χ2n) is 3.01. The van der Waals surface area contributed by atoms with Crippen LogP contribution in [0, 0.1) is 0 Å². The molecule has 1 aromatic rings. The van der Waals surface area contributed by atoms with E-state index in [0.717, 1.165) is 0 Å². The van der Waals surface area contributed by atoms with E-state index in [0.29, 0.717) is 10.8 Å². The SMILES string of the molecule is CC(=O)OCC(OC(C)=O)c1csc(N)n1. The molecule has 1 atom stereocenters. The van der Waals surface area contributed by atoms with Crippen molar-refractivity contribution in [2.75, 3.05) is 12.3 Å². The first-order valence-electron chi connectivity index (χ1n) is 4.50. The first-order chi connectivity index (χ1) is 7.49. The number of nitrogens with two attached hydrogens (primary N) is 1. The van der Waals surface area contributed by atoms with Crippen LogP contribution in [0.5, 0.6) is 0 Å². The fraction of sp³-hybridized carbons (Fsp3) is 0.444. The van der Waals surface area contributed by atoms with Crippen molar-refractivity contribution in [3.05, 3.63) is 11.1 Å². The van der Waals surface area contributed by atoms with Gasteiger partial charge in [-0.3, -0.25) is 9.59 Å². The van der Waals surface area contributed by atoms with Gasteiger partial charge in [-0.15, -0.1) is 11.3 Å². The highest BCUT2D eigenvalue weighted by Crippen LogP contribution is 2.21. The van der Waals surface area contributed by atoms with E-state index >= 15 is 0 Å². The second kappa shape index (κ2) is 5.45. The minimum absolute atomic E-state index is 0.0575. The summed E-state index contributed by atoms with van der Waals surface area (Å²) in [4.78, 5) is 25.5. The molecule has 0 aliphatic rings. The summed E-state index contributed by atoms with van der Waals surface area (Å²) < 4.78 is 9.75. The van der Waals surface area contributed by atoms with E-state index in [4.69, 9.17) is 15.2 Å². The quantitative estimate of drug-likeness (QED) is 0.791. The Bertz CT molecular complexity index is 391. The van der Waals surface area contributed by atoms with Crippen LogP contribution in [0.2, 0.25) is 0 Å². The zero-order valence-electron chi connectivity index (χ0n) is 8.93. The minimum atomic E-state index is -0.699. The van der Waals surface area contributed by atoms with Gasteiger partial charge in [-0.05, 0) is 0 Å². The van der Waals surface area contributed by atoms with E-state index in [1.165, 1.54) is 25.2 Å². The third-order valence-electron chi connectivity index (χ3n) is 1.62. The summed E-state index contributed by atoms with van der Waals surface area (Å²) >= 11 is 1.23. The van der Waals surface area contributed by atoms with E-state index in [-0.39, 0.29) is 6.61 Å². The van der Waals surface area contributed by atoms with Crippen LogP contribution < -0.4 is 5.73 Å². The molecule has 1 aromatic heterocycles. The molecule has 0 aliphatic carbocycles. The zero-order chi connectivity index (χ0) is 12.1. The molecule has 0 saturated carbocycles.